The maximum atomic E-state index is 12.6. The highest BCUT2D eigenvalue weighted by Gasteiger charge is 2.27. The van der Waals surface area contributed by atoms with Crippen LogP contribution in [0.3, 0.4) is 0 Å². The number of hydrogen-bond acceptors (Lipinski definition) is 7. The van der Waals surface area contributed by atoms with Crippen LogP contribution in [0.4, 0.5) is 5.69 Å². The number of rotatable bonds is 8. The summed E-state index contributed by atoms with van der Waals surface area (Å²) in [6.45, 7) is 5.81. The Morgan fingerprint density at radius 3 is 2.41 bits per heavy atom. The fraction of sp³-hybridized carbons (Fsp3) is 0.500. The van der Waals surface area contributed by atoms with E-state index in [-0.39, 0.29) is 24.3 Å². The van der Waals surface area contributed by atoms with Gasteiger partial charge in [-0.3, -0.25) is 14.9 Å². The molecule has 10 heteroatoms. The van der Waals surface area contributed by atoms with Gasteiger partial charge in [0.1, 0.15) is 0 Å². The lowest BCUT2D eigenvalue weighted by atomic mass is 10.1. The average Bonchev–Trinajstić information content (AvgIpc) is 3.04. The molecule has 0 radical (unpaired) electrons. The highest BCUT2D eigenvalue weighted by molar-refractivity contribution is 5.91. The lowest BCUT2D eigenvalue weighted by Crippen LogP contribution is -2.52. The van der Waals surface area contributed by atoms with E-state index in [0.717, 1.165) is 17.0 Å². The zero-order valence-corrected chi connectivity index (χ0v) is 19.4. The number of hydrogen-bond donors (Lipinski definition) is 3. The molecule has 1 aliphatic rings. The maximum absolute atomic E-state index is 12.6. The second-order valence-electron chi connectivity index (χ2n) is 7.80. The molecule has 0 spiro atoms. The molecular formula is C22H31N5O5. The second-order valence-corrected chi connectivity index (χ2v) is 7.80. The topological polar surface area (TPSA) is 116 Å². The number of anilines is 1. The molecule has 32 heavy (non-hydrogen) atoms. The van der Waals surface area contributed by atoms with Gasteiger partial charge in [0.25, 0.3) is 0 Å². The van der Waals surface area contributed by atoms with Crippen molar-refractivity contribution in [3.05, 3.63) is 29.1 Å². The van der Waals surface area contributed by atoms with E-state index >= 15 is 0 Å². The monoisotopic (exact) mass is 445 g/mol. The van der Waals surface area contributed by atoms with Crippen molar-refractivity contribution in [3.63, 3.8) is 0 Å². The van der Waals surface area contributed by atoms with Crippen LogP contribution in [0.25, 0.3) is 0 Å². The third kappa shape index (κ3) is 4.96. The smallest absolute Gasteiger partial charge is 0.224 e. The second kappa shape index (κ2) is 9.90. The number of nitrogens with one attached hydrogen (secondary N) is 3. The first kappa shape index (κ1) is 23.4. The fourth-order valence-electron chi connectivity index (χ4n) is 3.92. The van der Waals surface area contributed by atoms with E-state index in [1.54, 1.807) is 16.8 Å². The zero-order valence-electron chi connectivity index (χ0n) is 19.4. The summed E-state index contributed by atoms with van der Waals surface area (Å²) in [5.41, 5.74) is 3.28. The van der Waals surface area contributed by atoms with Crippen molar-refractivity contribution >= 4 is 17.5 Å². The molecule has 1 aromatic carbocycles. The van der Waals surface area contributed by atoms with Gasteiger partial charge in [-0.2, -0.15) is 5.10 Å². The first-order valence-corrected chi connectivity index (χ1v) is 10.5. The van der Waals surface area contributed by atoms with Crippen LogP contribution in [-0.4, -0.2) is 49.0 Å². The summed E-state index contributed by atoms with van der Waals surface area (Å²) in [4.78, 5) is 24.5. The van der Waals surface area contributed by atoms with Crippen LogP contribution in [0.5, 0.6) is 17.2 Å². The standard InChI is InChI=1S/C22H31N5O5/c1-12-9-20(29)25-22(23-12)27-14(3)16(13(2)26-27)7-8-19(28)24-15-10-17(30-4)21(32-6)18(11-15)31-5/h10-12,22-23H,7-9H2,1-6H3,(H,24,28)(H,25,29). The minimum absolute atomic E-state index is 0.0138. The molecule has 0 bridgehead atoms. The summed E-state index contributed by atoms with van der Waals surface area (Å²) >= 11 is 0. The van der Waals surface area contributed by atoms with E-state index < -0.39 is 6.29 Å². The number of aromatic nitrogens is 2. The number of carbonyl (C=O) groups excluding carboxylic acids is 2. The molecule has 2 heterocycles. The van der Waals surface area contributed by atoms with Gasteiger partial charge in [0.05, 0.1) is 27.0 Å². The van der Waals surface area contributed by atoms with Crippen molar-refractivity contribution in [2.75, 3.05) is 26.6 Å². The molecule has 2 amide bonds. The van der Waals surface area contributed by atoms with E-state index in [9.17, 15) is 9.59 Å². The van der Waals surface area contributed by atoms with Gasteiger partial charge in [-0.05, 0) is 32.8 Å². The van der Waals surface area contributed by atoms with Crippen LogP contribution in [-0.2, 0) is 16.0 Å². The molecule has 0 saturated carbocycles. The van der Waals surface area contributed by atoms with E-state index in [4.69, 9.17) is 14.2 Å². The molecule has 2 aromatic rings. The van der Waals surface area contributed by atoms with Crippen LogP contribution in [0.1, 0.15) is 43.0 Å². The predicted molar refractivity (Wildman–Crippen MR) is 119 cm³/mol. The third-order valence-corrected chi connectivity index (χ3v) is 5.50. The summed E-state index contributed by atoms with van der Waals surface area (Å²) in [7, 11) is 4.57. The molecule has 1 aliphatic heterocycles. The van der Waals surface area contributed by atoms with Crippen molar-refractivity contribution in [2.45, 2.75) is 52.4 Å². The number of benzene rings is 1. The molecule has 3 rings (SSSR count). The average molecular weight is 446 g/mol. The van der Waals surface area contributed by atoms with Crippen LogP contribution >= 0.6 is 0 Å². The van der Waals surface area contributed by atoms with E-state index in [2.05, 4.69) is 21.0 Å². The largest absolute Gasteiger partial charge is 0.493 e. The van der Waals surface area contributed by atoms with Gasteiger partial charge in [-0.15, -0.1) is 0 Å². The Bertz CT molecular complexity index is 978. The number of amides is 2. The summed E-state index contributed by atoms with van der Waals surface area (Å²) in [6.07, 6.45) is 0.825. The number of aryl methyl sites for hydroxylation is 1. The number of ether oxygens (including phenoxy) is 3. The molecular weight excluding hydrogens is 414 g/mol. The third-order valence-electron chi connectivity index (χ3n) is 5.50. The maximum Gasteiger partial charge on any atom is 0.224 e. The summed E-state index contributed by atoms with van der Waals surface area (Å²) in [5.74, 6) is 1.23. The number of methoxy groups -OCH3 is 3. The summed E-state index contributed by atoms with van der Waals surface area (Å²) in [5, 5.41) is 13.7. The molecule has 1 saturated heterocycles. The Kier molecular flexibility index (Phi) is 7.24. The molecule has 174 valence electrons. The Balaban J connectivity index is 1.69. The van der Waals surface area contributed by atoms with Gasteiger partial charge in [0, 0.05) is 42.4 Å². The van der Waals surface area contributed by atoms with Gasteiger partial charge in [0.15, 0.2) is 17.8 Å². The first-order chi connectivity index (χ1) is 15.3. The van der Waals surface area contributed by atoms with Crippen molar-refractivity contribution in [3.8, 4) is 17.2 Å². The lowest BCUT2D eigenvalue weighted by molar-refractivity contribution is -0.125. The molecule has 1 fully saturated rings. The minimum Gasteiger partial charge on any atom is -0.493 e. The van der Waals surface area contributed by atoms with Crippen molar-refractivity contribution < 1.29 is 23.8 Å². The molecule has 3 N–H and O–H groups in total. The Hall–Kier alpha value is -3.27. The van der Waals surface area contributed by atoms with E-state index in [1.807, 2.05) is 20.8 Å². The minimum atomic E-state index is -0.397. The molecule has 2 atom stereocenters. The Morgan fingerprint density at radius 2 is 1.84 bits per heavy atom. The molecule has 10 nitrogen and oxygen atoms in total. The van der Waals surface area contributed by atoms with Crippen molar-refractivity contribution in [1.29, 1.82) is 0 Å². The van der Waals surface area contributed by atoms with Gasteiger partial charge in [0.2, 0.25) is 17.6 Å². The highest BCUT2D eigenvalue weighted by atomic mass is 16.5. The summed E-state index contributed by atoms with van der Waals surface area (Å²) in [6, 6.07) is 3.43. The van der Waals surface area contributed by atoms with Gasteiger partial charge >= 0.3 is 0 Å². The molecule has 0 aliphatic carbocycles. The van der Waals surface area contributed by atoms with Gasteiger partial charge < -0.3 is 24.8 Å². The highest BCUT2D eigenvalue weighted by Crippen LogP contribution is 2.40. The zero-order chi connectivity index (χ0) is 23.4. The van der Waals surface area contributed by atoms with Crippen LogP contribution in [0.2, 0.25) is 0 Å². The Labute approximate surface area is 187 Å². The first-order valence-electron chi connectivity index (χ1n) is 10.5. The normalized spacial score (nSPS) is 18.1. The van der Waals surface area contributed by atoms with Crippen LogP contribution < -0.4 is 30.2 Å². The number of carbonyl (C=O) groups is 2. The molecule has 1 aromatic heterocycles. The van der Waals surface area contributed by atoms with Crippen LogP contribution in [0, 0.1) is 13.8 Å². The van der Waals surface area contributed by atoms with Crippen LogP contribution in [0.15, 0.2) is 12.1 Å². The summed E-state index contributed by atoms with van der Waals surface area (Å²) < 4.78 is 17.8. The quantitative estimate of drug-likeness (QED) is 0.570. The SMILES string of the molecule is COc1cc(NC(=O)CCc2c(C)nn(C3NC(=O)CC(C)N3)c2C)cc(OC)c1OC. The Morgan fingerprint density at radius 1 is 1.19 bits per heavy atom. The predicted octanol–water partition coefficient (Wildman–Crippen LogP) is 2.05. The van der Waals surface area contributed by atoms with E-state index in [1.165, 1.54) is 21.3 Å². The number of nitrogens with zero attached hydrogens (tertiary/aromatic N) is 2. The molecule has 2 unspecified atom stereocenters. The van der Waals surface area contributed by atoms with Gasteiger partial charge in [-0.1, -0.05) is 0 Å². The fourth-order valence-corrected chi connectivity index (χ4v) is 3.92. The van der Waals surface area contributed by atoms with Gasteiger partial charge in [-0.25, -0.2) is 4.68 Å². The van der Waals surface area contributed by atoms with Crippen molar-refractivity contribution in [2.24, 2.45) is 0 Å². The lowest BCUT2D eigenvalue weighted by Gasteiger charge is -2.30. The van der Waals surface area contributed by atoms with E-state index in [0.29, 0.717) is 35.8 Å². The van der Waals surface area contributed by atoms with Crippen molar-refractivity contribution in [1.82, 2.24) is 20.4 Å².